The fourth-order valence-corrected chi connectivity index (χ4v) is 2.63. The molecule has 2 fully saturated rings. The smallest absolute Gasteiger partial charge is 0.0576 e. The Kier molecular flexibility index (Phi) is 0.852. The van der Waals surface area contributed by atoms with E-state index in [-0.39, 0.29) is 6.10 Å². The first-order valence-electron chi connectivity index (χ1n) is 3.82. The lowest BCUT2D eigenvalue weighted by molar-refractivity contribution is 0.138. The summed E-state index contributed by atoms with van der Waals surface area (Å²) >= 11 is 0. The van der Waals surface area contributed by atoms with Gasteiger partial charge in [-0.2, -0.15) is 0 Å². The highest BCUT2D eigenvalue weighted by molar-refractivity contribution is 5.11. The van der Waals surface area contributed by atoms with Gasteiger partial charge in [0.25, 0.3) is 0 Å². The highest BCUT2D eigenvalue weighted by Gasteiger charge is 2.63. The molecule has 52 valence electrons. The van der Waals surface area contributed by atoms with Crippen molar-refractivity contribution in [3.8, 4) is 0 Å². The minimum atomic E-state index is 0.0324. The lowest BCUT2D eigenvalue weighted by Gasteiger charge is -2.10. The lowest BCUT2D eigenvalue weighted by Crippen LogP contribution is -2.10. The number of hydrogen-bond donors (Lipinski definition) is 1. The van der Waals surface area contributed by atoms with Crippen LogP contribution in [-0.2, 0) is 0 Å². The van der Waals surface area contributed by atoms with E-state index in [0.717, 1.165) is 12.3 Å². The summed E-state index contributed by atoms with van der Waals surface area (Å²) in [7, 11) is 0. The van der Waals surface area contributed by atoms with Crippen molar-refractivity contribution in [2.24, 2.45) is 17.3 Å². The summed E-state index contributed by atoms with van der Waals surface area (Å²) in [5.74, 6) is 1.50. The van der Waals surface area contributed by atoms with Crippen LogP contribution in [0.15, 0.2) is 0 Å². The molecule has 1 heteroatoms. The molecule has 1 N–H and O–H groups in total. The average molecular weight is 126 g/mol. The monoisotopic (exact) mass is 126 g/mol. The van der Waals surface area contributed by atoms with Crippen molar-refractivity contribution in [2.75, 3.05) is 0 Å². The van der Waals surface area contributed by atoms with E-state index in [1.807, 2.05) is 0 Å². The van der Waals surface area contributed by atoms with Crippen LogP contribution in [0.5, 0.6) is 0 Å². The third kappa shape index (κ3) is 0.536. The molecule has 0 aromatic carbocycles. The molecule has 0 aromatic heterocycles. The predicted octanol–water partition coefficient (Wildman–Crippen LogP) is 1.41. The highest BCUT2D eigenvalue weighted by Crippen LogP contribution is 2.66. The molecular formula is C8H14O. The molecule has 0 saturated heterocycles. The van der Waals surface area contributed by atoms with Gasteiger partial charge in [0.2, 0.25) is 0 Å². The van der Waals surface area contributed by atoms with Crippen LogP contribution in [0, 0.1) is 17.3 Å². The van der Waals surface area contributed by atoms with Gasteiger partial charge < -0.3 is 5.11 Å². The molecular weight excluding hydrogens is 112 g/mol. The third-order valence-electron chi connectivity index (χ3n) is 3.33. The Morgan fingerprint density at radius 2 is 2.00 bits per heavy atom. The van der Waals surface area contributed by atoms with Gasteiger partial charge in [0.05, 0.1) is 6.10 Å². The van der Waals surface area contributed by atoms with Gasteiger partial charge in [-0.25, -0.2) is 0 Å². The molecule has 1 nitrogen and oxygen atoms in total. The average Bonchev–Trinajstić information content (AvgIpc) is 2.19. The Morgan fingerprint density at radius 3 is 2.22 bits per heavy atom. The molecule has 9 heavy (non-hydrogen) atoms. The molecule has 0 spiro atoms. The van der Waals surface area contributed by atoms with E-state index in [2.05, 4.69) is 13.8 Å². The Hall–Kier alpha value is -0.0400. The standard InChI is InChI=1S/C8H14O/c1-8(2)5-3-4-6(9)7(5)8/h5-7,9H,3-4H2,1-2H3/t5-,6?,7-/m1/s1. The normalized spacial score (nSPS) is 53.0. The van der Waals surface area contributed by atoms with Gasteiger partial charge >= 0.3 is 0 Å². The van der Waals surface area contributed by atoms with Gasteiger partial charge in [-0.3, -0.25) is 0 Å². The largest absolute Gasteiger partial charge is 0.393 e. The van der Waals surface area contributed by atoms with E-state index in [1.165, 1.54) is 6.42 Å². The topological polar surface area (TPSA) is 20.2 Å². The Balaban J connectivity index is 2.14. The van der Waals surface area contributed by atoms with E-state index in [4.69, 9.17) is 0 Å². The Morgan fingerprint density at radius 1 is 1.33 bits per heavy atom. The molecule has 3 atom stereocenters. The van der Waals surface area contributed by atoms with Crippen molar-refractivity contribution < 1.29 is 5.11 Å². The summed E-state index contributed by atoms with van der Waals surface area (Å²) in [6.07, 6.45) is 2.35. The van der Waals surface area contributed by atoms with Crippen LogP contribution in [0.2, 0.25) is 0 Å². The number of aliphatic hydroxyl groups excluding tert-OH is 1. The van der Waals surface area contributed by atoms with Gasteiger partial charge in [-0.15, -0.1) is 0 Å². The minimum Gasteiger partial charge on any atom is -0.393 e. The van der Waals surface area contributed by atoms with Gasteiger partial charge in [-0.1, -0.05) is 13.8 Å². The van der Waals surface area contributed by atoms with Crippen LogP contribution in [-0.4, -0.2) is 11.2 Å². The zero-order chi connectivity index (χ0) is 6.65. The maximum absolute atomic E-state index is 9.37. The third-order valence-corrected chi connectivity index (χ3v) is 3.33. The maximum atomic E-state index is 9.37. The molecule has 2 rings (SSSR count). The second-order valence-electron chi connectivity index (χ2n) is 4.10. The quantitative estimate of drug-likeness (QED) is 0.520. The van der Waals surface area contributed by atoms with Crippen LogP contribution in [0.1, 0.15) is 26.7 Å². The Labute approximate surface area is 56.1 Å². The van der Waals surface area contributed by atoms with E-state index in [0.29, 0.717) is 11.3 Å². The van der Waals surface area contributed by atoms with Crippen LogP contribution in [0.4, 0.5) is 0 Å². The number of hydrogen-bond acceptors (Lipinski definition) is 1. The molecule has 0 aromatic rings. The van der Waals surface area contributed by atoms with Crippen molar-refractivity contribution >= 4 is 0 Å². The van der Waals surface area contributed by atoms with Crippen LogP contribution >= 0.6 is 0 Å². The number of fused-ring (bicyclic) bond motifs is 1. The lowest BCUT2D eigenvalue weighted by atomic mass is 9.99. The fraction of sp³-hybridized carbons (Fsp3) is 1.00. The van der Waals surface area contributed by atoms with Crippen molar-refractivity contribution in [1.29, 1.82) is 0 Å². The molecule has 2 aliphatic rings. The highest BCUT2D eigenvalue weighted by atomic mass is 16.3. The molecule has 2 saturated carbocycles. The summed E-state index contributed by atoms with van der Waals surface area (Å²) in [6, 6.07) is 0. The van der Waals surface area contributed by atoms with Gasteiger partial charge in [0.15, 0.2) is 0 Å². The summed E-state index contributed by atoms with van der Waals surface area (Å²) < 4.78 is 0. The molecule has 0 radical (unpaired) electrons. The van der Waals surface area contributed by atoms with E-state index in [1.54, 1.807) is 0 Å². The number of aliphatic hydroxyl groups is 1. The first-order valence-corrected chi connectivity index (χ1v) is 3.82. The second kappa shape index (κ2) is 1.34. The Bertz CT molecular complexity index is 140. The molecule has 0 bridgehead atoms. The molecule has 0 heterocycles. The molecule has 0 aliphatic heterocycles. The molecule has 0 amide bonds. The SMILES string of the molecule is CC1(C)[C@@H]2CCC(O)[C@@H]21. The van der Waals surface area contributed by atoms with E-state index in [9.17, 15) is 5.11 Å². The molecule has 1 unspecified atom stereocenters. The van der Waals surface area contributed by atoms with Crippen LogP contribution in [0.25, 0.3) is 0 Å². The second-order valence-corrected chi connectivity index (χ2v) is 4.10. The van der Waals surface area contributed by atoms with Gasteiger partial charge in [0.1, 0.15) is 0 Å². The summed E-state index contributed by atoms with van der Waals surface area (Å²) in [6.45, 7) is 4.54. The summed E-state index contributed by atoms with van der Waals surface area (Å²) in [5.41, 5.74) is 0.484. The van der Waals surface area contributed by atoms with E-state index >= 15 is 0 Å². The van der Waals surface area contributed by atoms with Crippen LogP contribution in [0.3, 0.4) is 0 Å². The number of rotatable bonds is 0. The summed E-state index contributed by atoms with van der Waals surface area (Å²) in [4.78, 5) is 0. The van der Waals surface area contributed by atoms with Crippen molar-refractivity contribution in [2.45, 2.75) is 32.8 Å². The van der Waals surface area contributed by atoms with Crippen molar-refractivity contribution in [3.05, 3.63) is 0 Å². The van der Waals surface area contributed by atoms with Crippen molar-refractivity contribution in [1.82, 2.24) is 0 Å². The fourth-order valence-electron chi connectivity index (χ4n) is 2.63. The zero-order valence-corrected chi connectivity index (χ0v) is 6.09. The minimum absolute atomic E-state index is 0.0324. The first-order chi connectivity index (χ1) is 4.14. The predicted molar refractivity (Wildman–Crippen MR) is 36.0 cm³/mol. The zero-order valence-electron chi connectivity index (χ0n) is 6.09. The van der Waals surface area contributed by atoms with Gasteiger partial charge in [-0.05, 0) is 30.1 Å². The maximum Gasteiger partial charge on any atom is 0.0576 e. The van der Waals surface area contributed by atoms with Gasteiger partial charge in [0, 0.05) is 0 Å². The van der Waals surface area contributed by atoms with Crippen LogP contribution < -0.4 is 0 Å². The molecule has 2 aliphatic carbocycles. The van der Waals surface area contributed by atoms with Crippen molar-refractivity contribution in [3.63, 3.8) is 0 Å². The summed E-state index contributed by atoms with van der Waals surface area (Å²) in [5, 5.41) is 9.37. The van der Waals surface area contributed by atoms with E-state index < -0.39 is 0 Å². The first kappa shape index (κ1) is 5.72.